The fourth-order valence-electron chi connectivity index (χ4n) is 5.09. The van der Waals surface area contributed by atoms with E-state index in [4.69, 9.17) is 19.5 Å². The molecule has 2 heterocycles. The van der Waals surface area contributed by atoms with E-state index in [2.05, 4.69) is 0 Å². The van der Waals surface area contributed by atoms with Gasteiger partial charge in [-0.2, -0.15) is 0 Å². The van der Waals surface area contributed by atoms with E-state index >= 15 is 7.77 Å². The molecule has 0 bridgehead atoms. The van der Waals surface area contributed by atoms with Gasteiger partial charge in [-0.05, 0) is 102 Å². The molecule has 5 aromatic rings. The van der Waals surface area contributed by atoms with Crippen molar-refractivity contribution in [1.82, 2.24) is 3.97 Å². The first-order valence-electron chi connectivity index (χ1n) is 13.9. The van der Waals surface area contributed by atoms with Crippen molar-refractivity contribution in [3.8, 4) is 45.4 Å². The SMILES string of the molecule is COc1ccc(C2=N/C(=N\c3c(-c4ccc(O)cc4)cc(-c4ccc(OC)cc4)n3S(C)(F)F)C(c3ccc(O)cc3)=C2)cc1. The molecular formula is C35H29F2N3O4S. The van der Waals surface area contributed by atoms with Crippen LogP contribution in [-0.4, -0.2) is 46.2 Å². The average Bonchev–Trinajstić information content (AvgIpc) is 3.64. The highest BCUT2D eigenvalue weighted by Gasteiger charge is 2.30. The lowest BCUT2D eigenvalue weighted by atomic mass is 10.0. The van der Waals surface area contributed by atoms with Crippen LogP contribution in [0, 0.1) is 0 Å². The van der Waals surface area contributed by atoms with Crippen LogP contribution in [-0.2, 0) is 0 Å². The van der Waals surface area contributed by atoms with Crippen LogP contribution in [0.15, 0.2) is 119 Å². The highest BCUT2D eigenvalue weighted by molar-refractivity contribution is 8.23. The molecule has 6 rings (SSSR count). The summed E-state index contributed by atoms with van der Waals surface area (Å²) >= 11 is 0. The van der Waals surface area contributed by atoms with E-state index in [1.807, 2.05) is 30.3 Å². The Morgan fingerprint density at radius 2 is 1.18 bits per heavy atom. The number of aromatic nitrogens is 1. The Morgan fingerprint density at radius 3 is 1.69 bits per heavy atom. The van der Waals surface area contributed by atoms with Crippen molar-refractivity contribution < 1.29 is 27.5 Å². The molecule has 228 valence electrons. The van der Waals surface area contributed by atoms with Crippen LogP contribution in [0.1, 0.15) is 11.1 Å². The summed E-state index contributed by atoms with van der Waals surface area (Å²) in [7, 11) is -1.28. The zero-order chi connectivity index (χ0) is 31.7. The Morgan fingerprint density at radius 1 is 0.689 bits per heavy atom. The van der Waals surface area contributed by atoms with Crippen molar-refractivity contribution in [2.24, 2.45) is 9.98 Å². The van der Waals surface area contributed by atoms with Gasteiger partial charge in [-0.3, -0.25) is 0 Å². The first-order valence-corrected chi connectivity index (χ1v) is 15.7. The number of hydrogen-bond acceptors (Lipinski definition) is 5. The summed E-state index contributed by atoms with van der Waals surface area (Å²) < 4.78 is 43.1. The number of phenolic OH excluding ortho intramolecular Hbond substituents is 2. The van der Waals surface area contributed by atoms with Crippen molar-refractivity contribution >= 4 is 33.9 Å². The number of aromatic hydroxyl groups is 2. The number of aliphatic imine (C=N–C) groups is 2. The van der Waals surface area contributed by atoms with Gasteiger partial charge in [-0.15, -0.1) is 7.77 Å². The molecule has 2 N–H and O–H groups in total. The summed E-state index contributed by atoms with van der Waals surface area (Å²) in [5, 5.41) is 19.9. The molecule has 0 spiro atoms. The first kappa shape index (κ1) is 29.7. The zero-order valence-corrected chi connectivity index (χ0v) is 25.4. The number of hydrogen-bond donors (Lipinski definition) is 2. The maximum absolute atomic E-state index is 15.8. The van der Waals surface area contributed by atoms with Gasteiger partial charge >= 0.3 is 0 Å². The van der Waals surface area contributed by atoms with Gasteiger partial charge in [0.15, 0.2) is 11.7 Å². The monoisotopic (exact) mass is 625 g/mol. The number of amidine groups is 1. The van der Waals surface area contributed by atoms with E-state index in [-0.39, 0.29) is 28.8 Å². The molecule has 0 amide bonds. The number of methoxy groups -OCH3 is 2. The number of rotatable bonds is 8. The summed E-state index contributed by atoms with van der Waals surface area (Å²) in [6, 6.07) is 28.8. The molecular weight excluding hydrogens is 596 g/mol. The van der Waals surface area contributed by atoms with Gasteiger partial charge in [0.2, 0.25) is 0 Å². The minimum atomic E-state index is -4.41. The molecule has 1 aliphatic rings. The molecule has 0 saturated heterocycles. The Labute approximate surface area is 261 Å². The summed E-state index contributed by atoms with van der Waals surface area (Å²) in [4.78, 5) is 9.71. The van der Waals surface area contributed by atoms with Crippen LogP contribution in [0.5, 0.6) is 23.0 Å². The second-order valence-electron chi connectivity index (χ2n) is 10.3. The van der Waals surface area contributed by atoms with Gasteiger partial charge in [0.25, 0.3) is 0 Å². The van der Waals surface area contributed by atoms with E-state index in [0.717, 1.165) is 15.8 Å². The molecule has 4 aromatic carbocycles. The number of phenols is 2. The van der Waals surface area contributed by atoms with Crippen LogP contribution in [0.4, 0.5) is 13.6 Å². The number of ether oxygens (including phenoxy) is 2. The molecule has 0 aliphatic carbocycles. The van der Waals surface area contributed by atoms with E-state index in [0.29, 0.717) is 45.0 Å². The molecule has 0 fully saturated rings. The van der Waals surface area contributed by atoms with Crippen molar-refractivity contribution in [3.05, 3.63) is 120 Å². The topological polar surface area (TPSA) is 88.6 Å². The maximum atomic E-state index is 15.8. The Hall–Kier alpha value is -5.35. The van der Waals surface area contributed by atoms with Crippen molar-refractivity contribution in [2.75, 3.05) is 20.5 Å². The van der Waals surface area contributed by atoms with Crippen LogP contribution in [0.3, 0.4) is 0 Å². The van der Waals surface area contributed by atoms with Crippen LogP contribution >= 0.6 is 11.0 Å². The molecule has 0 atom stereocenters. The van der Waals surface area contributed by atoms with Gasteiger partial charge in [0.1, 0.15) is 34.0 Å². The van der Waals surface area contributed by atoms with Crippen LogP contribution < -0.4 is 9.47 Å². The van der Waals surface area contributed by atoms with Gasteiger partial charge in [-0.25, -0.2) is 14.0 Å². The van der Waals surface area contributed by atoms with E-state index in [1.165, 1.54) is 12.1 Å². The quantitative estimate of drug-likeness (QED) is 0.180. The summed E-state index contributed by atoms with van der Waals surface area (Å²) in [6.45, 7) is 0. The van der Waals surface area contributed by atoms with Gasteiger partial charge < -0.3 is 19.7 Å². The van der Waals surface area contributed by atoms with Gasteiger partial charge in [0.05, 0.1) is 25.6 Å². The number of benzene rings is 4. The minimum Gasteiger partial charge on any atom is -0.508 e. The van der Waals surface area contributed by atoms with E-state index in [9.17, 15) is 10.2 Å². The molecule has 0 unspecified atom stereocenters. The zero-order valence-electron chi connectivity index (χ0n) is 24.6. The number of halogens is 2. The fourth-order valence-corrected chi connectivity index (χ4v) is 6.03. The lowest BCUT2D eigenvalue weighted by molar-refractivity contribution is 0.414. The Balaban J connectivity index is 1.61. The predicted octanol–water partition coefficient (Wildman–Crippen LogP) is 8.83. The maximum Gasteiger partial charge on any atom is 0.162 e. The van der Waals surface area contributed by atoms with Gasteiger partial charge in [-0.1, -0.05) is 24.3 Å². The largest absolute Gasteiger partial charge is 0.508 e. The minimum absolute atomic E-state index is 0.0217. The molecule has 7 nitrogen and oxygen atoms in total. The predicted molar refractivity (Wildman–Crippen MR) is 177 cm³/mol. The summed E-state index contributed by atoms with van der Waals surface area (Å²) in [5.41, 5.74) is 4.55. The van der Waals surface area contributed by atoms with Crippen molar-refractivity contribution in [2.45, 2.75) is 0 Å². The van der Waals surface area contributed by atoms with Crippen LogP contribution in [0.25, 0.3) is 28.0 Å². The van der Waals surface area contributed by atoms with Crippen LogP contribution in [0.2, 0.25) is 0 Å². The second-order valence-corrected chi connectivity index (χ2v) is 12.0. The van der Waals surface area contributed by atoms with E-state index < -0.39 is 11.0 Å². The molecule has 0 saturated carbocycles. The molecule has 1 aromatic heterocycles. The third kappa shape index (κ3) is 6.05. The molecule has 10 heteroatoms. The number of allylic oxidation sites excluding steroid dienone is 1. The lowest BCUT2D eigenvalue weighted by Gasteiger charge is -2.22. The molecule has 0 radical (unpaired) electrons. The number of nitrogens with zero attached hydrogens (tertiary/aromatic N) is 3. The third-order valence-corrected chi connectivity index (χ3v) is 8.35. The molecule has 1 aliphatic heterocycles. The Bertz CT molecular complexity index is 1940. The van der Waals surface area contributed by atoms with Gasteiger partial charge in [0, 0.05) is 23.0 Å². The lowest BCUT2D eigenvalue weighted by Crippen LogP contribution is -2.03. The normalized spacial score (nSPS) is 14.3. The fraction of sp³-hybridized carbons (Fsp3) is 0.0857. The smallest absolute Gasteiger partial charge is 0.162 e. The average molecular weight is 626 g/mol. The standard InChI is InChI=1S/C35H29F2N3O4S/c1-43-28-16-8-24(9-17-28)32-20-30(22-4-12-26(41)13-5-22)34(38-32)39-35-31(23-6-14-27(42)15-7-23)21-33(40(35)45(3,36)37)25-10-18-29(44-2)19-11-25/h4-21,41-42H,1-3H3/b39-34-. The first-order chi connectivity index (χ1) is 21.6. The summed E-state index contributed by atoms with van der Waals surface area (Å²) in [5.74, 6) is 1.68. The molecule has 45 heavy (non-hydrogen) atoms. The third-order valence-electron chi connectivity index (χ3n) is 7.34. The van der Waals surface area contributed by atoms with Crippen molar-refractivity contribution in [1.29, 1.82) is 0 Å². The van der Waals surface area contributed by atoms with E-state index in [1.54, 1.807) is 80.9 Å². The second kappa shape index (κ2) is 12.0. The Kier molecular flexibility index (Phi) is 7.90. The highest BCUT2D eigenvalue weighted by Crippen LogP contribution is 2.57. The highest BCUT2D eigenvalue weighted by atomic mass is 32.3. The summed E-state index contributed by atoms with van der Waals surface area (Å²) in [6.07, 6.45) is 2.75. The van der Waals surface area contributed by atoms with Crippen molar-refractivity contribution in [3.63, 3.8) is 0 Å².